The van der Waals surface area contributed by atoms with E-state index in [-0.39, 0.29) is 22.6 Å². The van der Waals surface area contributed by atoms with Crippen LogP contribution in [0, 0.1) is 10.1 Å². The van der Waals surface area contributed by atoms with Gasteiger partial charge >= 0.3 is 0 Å². The second-order valence-corrected chi connectivity index (χ2v) is 4.33. The van der Waals surface area contributed by atoms with Crippen molar-refractivity contribution in [3.8, 4) is 17.0 Å². The first kappa shape index (κ1) is 12.0. The van der Waals surface area contributed by atoms with E-state index in [0.717, 1.165) is 4.73 Å². The second-order valence-electron chi connectivity index (χ2n) is 4.33. The first-order valence-corrected chi connectivity index (χ1v) is 5.86. The minimum absolute atomic E-state index is 0.108. The third-order valence-electron chi connectivity index (χ3n) is 3.16. The molecule has 100 valence electrons. The Labute approximate surface area is 113 Å². The molecule has 0 bridgehead atoms. The topological polar surface area (TPSA) is 88.5 Å². The van der Waals surface area contributed by atoms with Crippen molar-refractivity contribution in [3.63, 3.8) is 0 Å². The minimum atomic E-state index is -0.550. The molecule has 0 aliphatic carbocycles. The number of benzene rings is 2. The molecule has 6 heteroatoms. The van der Waals surface area contributed by atoms with Crippen molar-refractivity contribution in [1.82, 2.24) is 4.73 Å². The van der Waals surface area contributed by atoms with E-state index in [1.807, 2.05) is 6.07 Å². The van der Waals surface area contributed by atoms with Crippen LogP contribution in [-0.4, -0.2) is 20.0 Å². The van der Waals surface area contributed by atoms with Crippen molar-refractivity contribution >= 4 is 16.6 Å². The lowest BCUT2D eigenvalue weighted by Crippen LogP contribution is -1.94. The van der Waals surface area contributed by atoms with Gasteiger partial charge in [0.2, 0.25) is 0 Å². The summed E-state index contributed by atoms with van der Waals surface area (Å²) in [4.78, 5) is 10.2. The summed E-state index contributed by atoms with van der Waals surface area (Å²) in [5.74, 6) is -0.108. The van der Waals surface area contributed by atoms with E-state index in [2.05, 4.69) is 0 Å². The molecule has 2 N–H and O–H groups in total. The molecular weight excluding hydrogens is 260 g/mol. The maximum absolute atomic E-state index is 10.8. The van der Waals surface area contributed by atoms with Crippen molar-refractivity contribution in [3.05, 3.63) is 58.6 Å². The molecule has 3 rings (SSSR count). The Hall–Kier alpha value is -3.02. The van der Waals surface area contributed by atoms with Crippen molar-refractivity contribution in [1.29, 1.82) is 0 Å². The number of non-ortho nitro benzene ring substituents is 1. The quantitative estimate of drug-likeness (QED) is 0.425. The highest BCUT2D eigenvalue weighted by molar-refractivity contribution is 5.95. The highest BCUT2D eigenvalue weighted by Gasteiger charge is 2.20. The third-order valence-corrected chi connectivity index (χ3v) is 3.16. The Morgan fingerprint density at radius 2 is 1.80 bits per heavy atom. The summed E-state index contributed by atoms with van der Waals surface area (Å²) in [6.45, 7) is 0. The number of aromatic hydroxyl groups is 1. The number of hydrogen-bond acceptors (Lipinski definition) is 4. The van der Waals surface area contributed by atoms with Gasteiger partial charge in [0, 0.05) is 23.1 Å². The zero-order chi connectivity index (χ0) is 14.3. The Balaban J connectivity index is 2.32. The average molecular weight is 270 g/mol. The zero-order valence-electron chi connectivity index (χ0n) is 10.2. The summed E-state index contributed by atoms with van der Waals surface area (Å²) in [6, 6.07) is 12.8. The largest absolute Gasteiger partial charge is 0.505 e. The number of fused-ring (bicyclic) bond motifs is 1. The van der Waals surface area contributed by atoms with Crippen LogP contribution >= 0.6 is 0 Å². The van der Waals surface area contributed by atoms with Crippen molar-refractivity contribution in [2.45, 2.75) is 0 Å². The highest BCUT2D eigenvalue weighted by atomic mass is 16.6. The zero-order valence-corrected chi connectivity index (χ0v) is 10.2. The van der Waals surface area contributed by atoms with Crippen LogP contribution in [-0.2, 0) is 0 Å². The molecule has 0 unspecified atom stereocenters. The van der Waals surface area contributed by atoms with Crippen LogP contribution in [0.15, 0.2) is 48.5 Å². The molecule has 0 saturated carbocycles. The number of nitrogens with zero attached hydrogens (tertiary/aromatic N) is 2. The summed E-state index contributed by atoms with van der Waals surface area (Å²) < 4.78 is 0.771. The molecule has 3 aromatic rings. The molecule has 2 aromatic carbocycles. The Morgan fingerprint density at radius 1 is 1.10 bits per heavy atom. The molecule has 1 heterocycles. The normalized spacial score (nSPS) is 10.8. The molecule has 1 aromatic heterocycles. The SMILES string of the molecule is O=[N+]([O-])c1ccc2c(O)c(-c3ccccc3)n(O)c2c1. The fraction of sp³-hybridized carbons (Fsp3) is 0. The van der Waals surface area contributed by atoms with Crippen LogP contribution in [0.25, 0.3) is 22.2 Å². The minimum Gasteiger partial charge on any atom is -0.505 e. The fourth-order valence-corrected chi connectivity index (χ4v) is 2.21. The molecule has 0 aliphatic rings. The molecule has 0 atom stereocenters. The molecule has 20 heavy (non-hydrogen) atoms. The van der Waals surface area contributed by atoms with Crippen molar-refractivity contribution < 1.29 is 15.2 Å². The van der Waals surface area contributed by atoms with E-state index in [1.165, 1.54) is 18.2 Å². The molecule has 6 nitrogen and oxygen atoms in total. The third kappa shape index (κ3) is 1.66. The van der Waals surface area contributed by atoms with Gasteiger partial charge in [-0.15, -0.1) is 0 Å². The second kappa shape index (κ2) is 4.27. The lowest BCUT2D eigenvalue weighted by Gasteiger charge is -2.02. The smallest absolute Gasteiger partial charge is 0.271 e. The Bertz CT molecular complexity index is 809. The van der Waals surface area contributed by atoms with E-state index >= 15 is 0 Å². The molecular formula is C14H10N2O4. The summed E-state index contributed by atoms with van der Waals surface area (Å²) in [7, 11) is 0. The van der Waals surface area contributed by atoms with Crippen LogP contribution in [0.3, 0.4) is 0 Å². The first-order valence-electron chi connectivity index (χ1n) is 5.86. The molecule has 0 spiro atoms. The number of rotatable bonds is 2. The molecule has 0 radical (unpaired) electrons. The van der Waals surface area contributed by atoms with Gasteiger partial charge in [0.1, 0.15) is 5.69 Å². The standard InChI is InChI=1S/C14H10N2O4/c17-14-11-7-6-10(16(19)20)8-12(11)15(18)13(14)9-4-2-1-3-5-9/h1-8,17-18H. The summed E-state index contributed by atoms with van der Waals surface area (Å²) >= 11 is 0. The number of hydrogen-bond donors (Lipinski definition) is 2. The van der Waals surface area contributed by atoms with Crippen LogP contribution in [0.5, 0.6) is 5.75 Å². The van der Waals surface area contributed by atoms with E-state index in [9.17, 15) is 20.4 Å². The Morgan fingerprint density at radius 3 is 2.45 bits per heavy atom. The van der Waals surface area contributed by atoms with Crippen LogP contribution in [0.4, 0.5) is 5.69 Å². The van der Waals surface area contributed by atoms with Gasteiger partial charge in [-0.05, 0) is 6.07 Å². The van der Waals surface area contributed by atoms with Crippen molar-refractivity contribution in [2.75, 3.05) is 0 Å². The summed E-state index contributed by atoms with van der Waals surface area (Å²) in [5, 5.41) is 31.5. The fourth-order valence-electron chi connectivity index (χ4n) is 2.21. The monoisotopic (exact) mass is 270 g/mol. The number of nitro groups is 1. The lowest BCUT2D eigenvalue weighted by atomic mass is 10.1. The van der Waals surface area contributed by atoms with Gasteiger partial charge in [-0.25, -0.2) is 0 Å². The van der Waals surface area contributed by atoms with Gasteiger partial charge in [0.05, 0.1) is 10.4 Å². The predicted molar refractivity (Wildman–Crippen MR) is 72.9 cm³/mol. The van der Waals surface area contributed by atoms with E-state index in [4.69, 9.17) is 0 Å². The maximum atomic E-state index is 10.8. The van der Waals surface area contributed by atoms with Gasteiger partial charge in [0.15, 0.2) is 5.75 Å². The van der Waals surface area contributed by atoms with Crippen molar-refractivity contribution in [2.24, 2.45) is 0 Å². The van der Waals surface area contributed by atoms with Gasteiger partial charge in [-0.3, -0.25) is 10.1 Å². The lowest BCUT2D eigenvalue weighted by molar-refractivity contribution is -0.384. The highest BCUT2D eigenvalue weighted by Crippen LogP contribution is 2.39. The van der Waals surface area contributed by atoms with Gasteiger partial charge in [0.25, 0.3) is 5.69 Å². The first-order chi connectivity index (χ1) is 9.59. The van der Waals surface area contributed by atoms with Gasteiger partial charge in [-0.1, -0.05) is 30.3 Å². The van der Waals surface area contributed by atoms with E-state index < -0.39 is 4.92 Å². The van der Waals surface area contributed by atoms with E-state index in [0.29, 0.717) is 10.9 Å². The number of nitro benzene ring substituents is 1. The number of aromatic nitrogens is 1. The predicted octanol–water partition coefficient (Wildman–Crippen LogP) is 3.16. The molecule has 0 saturated heterocycles. The summed E-state index contributed by atoms with van der Waals surface area (Å²) in [6.07, 6.45) is 0. The average Bonchev–Trinajstić information content (AvgIpc) is 2.71. The Kier molecular flexibility index (Phi) is 2.57. The maximum Gasteiger partial charge on any atom is 0.271 e. The summed E-state index contributed by atoms with van der Waals surface area (Å²) in [5.41, 5.74) is 0.868. The molecule has 0 amide bonds. The van der Waals surface area contributed by atoms with Crippen LogP contribution in [0.2, 0.25) is 0 Å². The molecule has 0 fully saturated rings. The van der Waals surface area contributed by atoms with Crippen LogP contribution in [0.1, 0.15) is 0 Å². The van der Waals surface area contributed by atoms with Gasteiger partial charge < -0.3 is 10.3 Å². The molecule has 0 aliphatic heterocycles. The van der Waals surface area contributed by atoms with E-state index in [1.54, 1.807) is 24.3 Å². The van der Waals surface area contributed by atoms with Crippen LogP contribution < -0.4 is 0 Å². The van der Waals surface area contributed by atoms with Gasteiger partial charge in [-0.2, -0.15) is 4.73 Å².